The van der Waals surface area contributed by atoms with Crippen LogP contribution in [0.4, 0.5) is 18.9 Å². The van der Waals surface area contributed by atoms with Crippen molar-refractivity contribution in [3.63, 3.8) is 0 Å². The van der Waals surface area contributed by atoms with Gasteiger partial charge in [-0.05, 0) is 13.0 Å². The topological polar surface area (TPSA) is 100 Å². The van der Waals surface area contributed by atoms with E-state index in [2.05, 4.69) is 14.5 Å². The van der Waals surface area contributed by atoms with Crippen molar-refractivity contribution < 1.29 is 27.4 Å². The third kappa shape index (κ3) is 4.57. The molecule has 0 aliphatic rings. The summed E-state index contributed by atoms with van der Waals surface area (Å²) in [4.78, 5) is 14.9. The Kier molecular flexibility index (Phi) is 5.14. The van der Waals surface area contributed by atoms with Crippen LogP contribution in [0.25, 0.3) is 0 Å². The first kappa shape index (κ1) is 16.0. The number of halogens is 3. The Morgan fingerprint density at radius 1 is 1.45 bits per heavy atom. The van der Waals surface area contributed by atoms with Crippen LogP contribution >= 0.6 is 0 Å². The summed E-state index contributed by atoms with van der Waals surface area (Å²) in [5.74, 6) is -1.38. The molecule has 0 fully saturated rings. The molecule has 0 amide bonds. The van der Waals surface area contributed by atoms with E-state index in [1.807, 2.05) is 0 Å². The first-order chi connectivity index (χ1) is 9.26. The highest BCUT2D eigenvalue weighted by atomic mass is 19.4. The number of nitrogen functional groups attached to an aromatic ring is 1. The molecule has 0 aliphatic heterocycles. The average Bonchev–Trinajstić information content (AvgIpc) is 2.26. The van der Waals surface area contributed by atoms with Crippen LogP contribution in [0.1, 0.15) is 18.2 Å². The highest BCUT2D eigenvalue weighted by molar-refractivity contribution is 5.72. The number of hydrogen-bond donors (Lipinski definition) is 2. The normalized spacial score (nSPS) is 11.2. The van der Waals surface area contributed by atoms with E-state index in [9.17, 15) is 18.0 Å². The van der Waals surface area contributed by atoms with Gasteiger partial charge in [-0.2, -0.15) is 0 Å². The number of esters is 1. The van der Waals surface area contributed by atoms with Gasteiger partial charge in [-0.1, -0.05) is 0 Å². The lowest BCUT2D eigenvalue weighted by atomic mass is 10.1. The number of aromatic nitrogens is 1. The zero-order chi connectivity index (χ0) is 15.3. The van der Waals surface area contributed by atoms with Gasteiger partial charge >= 0.3 is 12.3 Å². The number of alkyl halides is 3. The minimum Gasteiger partial charge on any atom is -0.466 e. The van der Waals surface area contributed by atoms with E-state index in [0.29, 0.717) is 0 Å². The average molecular weight is 293 g/mol. The highest BCUT2D eigenvalue weighted by Gasteiger charge is 2.33. The van der Waals surface area contributed by atoms with E-state index < -0.39 is 18.2 Å². The number of nitrogens with two attached hydrogens (primary N) is 2. The smallest absolute Gasteiger partial charge is 0.466 e. The molecule has 0 saturated heterocycles. The van der Waals surface area contributed by atoms with E-state index >= 15 is 0 Å². The molecule has 4 N–H and O–H groups in total. The molecule has 0 atom stereocenters. The van der Waals surface area contributed by atoms with Gasteiger partial charge in [0, 0.05) is 12.2 Å². The summed E-state index contributed by atoms with van der Waals surface area (Å²) in [5.41, 5.74) is 10.8. The number of ether oxygens (including phenoxy) is 2. The van der Waals surface area contributed by atoms with Crippen LogP contribution < -0.4 is 16.2 Å². The molecule has 112 valence electrons. The van der Waals surface area contributed by atoms with E-state index in [0.717, 1.165) is 0 Å². The van der Waals surface area contributed by atoms with Gasteiger partial charge < -0.3 is 20.9 Å². The third-order valence-electron chi connectivity index (χ3n) is 2.22. The molecule has 0 aromatic carbocycles. The van der Waals surface area contributed by atoms with Crippen LogP contribution in [0.5, 0.6) is 5.88 Å². The summed E-state index contributed by atoms with van der Waals surface area (Å²) in [6.45, 7) is 1.49. The zero-order valence-corrected chi connectivity index (χ0v) is 10.7. The molecule has 0 aliphatic carbocycles. The monoisotopic (exact) mass is 293 g/mol. The van der Waals surface area contributed by atoms with Gasteiger partial charge in [-0.3, -0.25) is 4.79 Å². The largest absolute Gasteiger partial charge is 0.574 e. The standard InChI is InChI=1S/C11H14F3N3O3/c1-2-19-9(18)4-6-3-8(16)7(5-15)10(17-6)20-11(12,13)14/h3H,2,4-5,15H2,1H3,(H2,16,17). The van der Waals surface area contributed by atoms with Gasteiger partial charge in [0.05, 0.1) is 24.3 Å². The number of nitrogens with zero attached hydrogens (tertiary/aromatic N) is 1. The predicted molar refractivity (Wildman–Crippen MR) is 63.6 cm³/mol. The maximum atomic E-state index is 12.3. The van der Waals surface area contributed by atoms with Crippen molar-refractivity contribution in [1.82, 2.24) is 4.98 Å². The SMILES string of the molecule is CCOC(=O)Cc1cc(N)c(CN)c(OC(F)(F)F)n1. The Hall–Kier alpha value is -2.03. The fourth-order valence-corrected chi connectivity index (χ4v) is 1.47. The van der Waals surface area contributed by atoms with Crippen molar-refractivity contribution in [2.45, 2.75) is 26.3 Å². The highest BCUT2D eigenvalue weighted by Crippen LogP contribution is 2.28. The van der Waals surface area contributed by atoms with Crippen LogP contribution in [0.2, 0.25) is 0 Å². The Morgan fingerprint density at radius 2 is 2.10 bits per heavy atom. The van der Waals surface area contributed by atoms with Crippen LogP contribution in [-0.4, -0.2) is 23.9 Å². The molecule has 20 heavy (non-hydrogen) atoms. The van der Waals surface area contributed by atoms with E-state index in [-0.39, 0.29) is 36.5 Å². The van der Waals surface area contributed by atoms with Crippen molar-refractivity contribution in [1.29, 1.82) is 0 Å². The maximum absolute atomic E-state index is 12.3. The summed E-state index contributed by atoms with van der Waals surface area (Å²) >= 11 is 0. The molecule has 1 heterocycles. The lowest BCUT2D eigenvalue weighted by Gasteiger charge is -2.14. The Bertz CT molecular complexity index is 492. The van der Waals surface area contributed by atoms with E-state index in [1.54, 1.807) is 6.92 Å². The van der Waals surface area contributed by atoms with Gasteiger partial charge in [0.25, 0.3) is 0 Å². The second kappa shape index (κ2) is 6.42. The molecule has 1 rings (SSSR count). The van der Waals surface area contributed by atoms with Crippen LogP contribution in [0, 0.1) is 0 Å². The molecule has 1 aromatic rings. The van der Waals surface area contributed by atoms with E-state index in [1.165, 1.54) is 6.07 Å². The van der Waals surface area contributed by atoms with Crippen LogP contribution in [0.3, 0.4) is 0 Å². The van der Waals surface area contributed by atoms with Gasteiger partial charge in [-0.15, -0.1) is 13.2 Å². The summed E-state index contributed by atoms with van der Waals surface area (Å²) in [6.07, 6.45) is -5.23. The van der Waals surface area contributed by atoms with Gasteiger partial charge in [0.1, 0.15) is 0 Å². The minimum atomic E-state index is -4.92. The summed E-state index contributed by atoms with van der Waals surface area (Å²) < 4.78 is 45.2. The Morgan fingerprint density at radius 3 is 2.60 bits per heavy atom. The second-order valence-corrected chi connectivity index (χ2v) is 3.72. The second-order valence-electron chi connectivity index (χ2n) is 3.72. The maximum Gasteiger partial charge on any atom is 0.574 e. The van der Waals surface area contributed by atoms with Crippen molar-refractivity contribution in [2.24, 2.45) is 5.73 Å². The number of rotatable bonds is 5. The minimum absolute atomic E-state index is 0.0115. The number of carbonyl (C=O) groups is 1. The lowest BCUT2D eigenvalue weighted by Crippen LogP contribution is -2.21. The molecular formula is C11H14F3N3O3. The fraction of sp³-hybridized carbons (Fsp3) is 0.455. The molecule has 6 nitrogen and oxygen atoms in total. The van der Waals surface area contributed by atoms with Crippen LogP contribution in [-0.2, 0) is 22.5 Å². The van der Waals surface area contributed by atoms with Gasteiger partial charge in [0.15, 0.2) is 0 Å². The third-order valence-corrected chi connectivity index (χ3v) is 2.22. The molecule has 0 radical (unpaired) electrons. The van der Waals surface area contributed by atoms with Crippen molar-refractivity contribution in [2.75, 3.05) is 12.3 Å². The summed E-state index contributed by atoms with van der Waals surface area (Å²) in [7, 11) is 0. The number of hydrogen-bond acceptors (Lipinski definition) is 6. The summed E-state index contributed by atoms with van der Waals surface area (Å²) in [5, 5.41) is 0. The first-order valence-corrected chi connectivity index (χ1v) is 5.66. The predicted octanol–water partition coefficient (Wildman–Crippen LogP) is 1.13. The zero-order valence-electron chi connectivity index (χ0n) is 10.7. The number of carbonyl (C=O) groups excluding carboxylic acids is 1. The van der Waals surface area contributed by atoms with Crippen molar-refractivity contribution >= 4 is 11.7 Å². The molecule has 0 saturated carbocycles. The van der Waals surface area contributed by atoms with Gasteiger partial charge in [0.2, 0.25) is 5.88 Å². The quantitative estimate of drug-likeness (QED) is 0.789. The van der Waals surface area contributed by atoms with Crippen molar-refractivity contribution in [3.8, 4) is 5.88 Å². The molecule has 9 heteroatoms. The summed E-state index contributed by atoms with van der Waals surface area (Å²) in [6, 6.07) is 1.27. The molecule has 0 spiro atoms. The van der Waals surface area contributed by atoms with E-state index in [4.69, 9.17) is 11.5 Å². The fourth-order valence-electron chi connectivity index (χ4n) is 1.47. The van der Waals surface area contributed by atoms with Gasteiger partial charge in [-0.25, -0.2) is 4.98 Å². The lowest BCUT2D eigenvalue weighted by molar-refractivity contribution is -0.276. The molecule has 0 bridgehead atoms. The number of pyridine rings is 1. The Balaban J connectivity index is 3.07. The van der Waals surface area contributed by atoms with Crippen LogP contribution in [0.15, 0.2) is 6.07 Å². The van der Waals surface area contributed by atoms with Crippen molar-refractivity contribution in [3.05, 3.63) is 17.3 Å². The first-order valence-electron chi connectivity index (χ1n) is 5.66. The molecule has 0 unspecified atom stereocenters. The Labute approximate surface area is 112 Å². The number of anilines is 1. The molecule has 1 aromatic heterocycles. The molecular weight excluding hydrogens is 279 g/mol.